The largest absolute Gasteiger partial charge is 0.342 e. The minimum Gasteiger partial charge on any atom is -0.342 e. The lowest BCUT2D eigenvalue weighted by molar-refractivity contribution is -0.121. The fourth-order valence-electron chi connectivity index (χ4n) is 3.12. The molecule has 0 saturated carbocycles. The monoisotopic (exact) mass is 421 g/mol. The number of hydrogen-bond donors (Lipinski definition) is 1. The average Bonchev–Trinajstić information content (AvgIpc) is 3.41. The van der Waals surface area contributed by atoms with Gasteiger partial charge >= 0.3 is 0 Å². The van der Waals surface area contributed by atoms with Crippen LogP contribution in [0.2, 0.25) is 5.02 Å². The van der Waals surface area contributed by atoms with Crippen molar-refractivity contribution in [1.29, 1.82) is 0 Å². The Bertz CT molecular complexity index is 1120. The molecule has 0 bridgehead atoms. The number of halogens is 1. The van der Waals surface area contributed by atoms with Crippen LogP contribution in [0, 0.1) is 0 Å². The molecule has 0 radical (unpaired) electrons. The predicted molar refractivity (Wildman–Crippen MR) is 113 cm³/mol. The van der Waals surface area contributed by atoms with E-state index in [2.05, 4.69) is 20.4 Å². The first-order valence-corrected chi connectivity index (χ1v) is 9.88. The van der Waals surface area contributed by atoms with E-state index in [1.165, 1.54) is 0 Å². The highest BCUT2D eigenvalue weighted by molar-refractivity contribution is 6.30. The molecule has 1 atom stereocenters. The molecule has 2 heterocycles. The highest BCUT2D eigenvalue weighted by Gasteiger charge is 2.21. The van der Waals surface area contributed by atoms with E-state index in [9.17, 15) is 4.79 Å². The third kappa shape index (κ3) is 4.58. The number of nitrogens with zero attached hydrogens (tertiary/aromatic N) is 4. The van der Waals surface area contributed by atoms with Crippen molar-refractivity contribution >= 4 is 17.5 Å². The summed E-state index contributed by atoms with van der Waals surface area (Å²) >= 11 is 6.01. The maximum atomic E-state index is 12.7. The molecular weight excluding hydrogens is 402 g/mol. The fourth-order valence-corrected chi connectivity index (χ4v) is 3.25. The molecule has 0 aliphatic heterocycles. The van der Waals surface area contributed by atoms with Gasteiger partial charge in [0.1, 0.15) is 11.9 Å². The number of carbonyl (C=O) groups is 1. The lowest BCUT2D eigenvalue weighted by Gasteiger charge is -2.19. The van der Waals surface area contributed by atoms with Gasteiger partial charge in [0.05, 0.1) is 0 Å². The third-order valence-electron chi connectivity index (χ3n) is 4.69. The van der Waals surface area contributed by atoms with E-state index in [1.54, 1.807) is 18.3 Å². The van der Waals surface area contributed by atoms with Crippen molar-refractivity contribution in [3.63, 3.8) is 0 Å². The standard InChI is InChI=1S/C22H20ClN5O2/c1-28-14-13-24-22(28)20(15-7-9-17(23)10-8-15)25-18(29)11-12-19-26-21(27-30-19)16-5-3-2-4-6-16/h2-10,13-14,20H,11-12H2,1H3,(H,25,29). The van der Waals surface area contributed by atoms with E-state index in [-0.39, 0.29) is 12.3 Å². The van der Waals surface area contributed by atoms with E-state index in [4.69, 9.17) is 16.1 Å². The maximum Gasteiger partial charge on any atom is 0.227 e. The summed E-state index contributed by atoms with van der Waals surface area (Å²) in [6.45, 7) is 0. The molecule has 2 aromatic carbocycles. The highest BCUT2D eigenvalue weighted by atomic mass is 35.5. The molecule has 4 aromatic rings. The number of nitrogens with one attached hydrogen (secondary N) is 1. The number of rotatable bonds is 7. The van der Waals surface area contributed by atoms with Gasteiger partial charge in [0.25, 0.3) is 0 Å². The molecule has 1 unspecified atom stereocenters. The van der Waals surface area contributed by atoms with Crippen molar-refractivity contribution < 1.29 is 9.32 Å². The van der Waals surface area contributed by atoms with Gasteiger partial charge in [-0.15, -0.1) is 0 Å². The molecule has 1 N–H and O–H groups in total. The van der Waals surface area contributed by atoms with Gasteiger partial charge in [-0.1, -0.05) is 59.2 Å². The Morgan fingerprint density at radius 2 is 1.93 bits per heavy atom. The molecule has 8 heteroatoms. The molecule has 7 nitrogen and oxygen atoms in total. The van der Waals surface area contributed by atoms with Gasteiger partial charge in [0, 0.05) is 42.9 Å². The Hall–Kier alpha value is -3.45. The second kappa shape index (κ2) is 8.92. The van der Waals surface area contributed by atoms with Crippen LogP contribution in [0.4, 0.5) is 0 Å². The Balaban J connectivity index is 1.44. The highest BCUT2D eigenvalue weighted by Crippen LogP contribution is 2.23. The van der Waals surface area contributed by atoms with Gasteiger partial charge < -0.3 is 14.4 Å². The van der Waals surface area contributed by atoms with Gasteiger partial charge in [-0.05, 0) is 17.7 Å². The van der Waals surface area contributed by atoms with Crippen LogP contribution >= 0.6 is 11.6 Å². The fraction of sp³-hybridized carbons (Fsp3) is 0.182. The van der Waals surface area contributed by atoms with Crippen LogP contribution in [0.3, 0.4) is 0 Å². The number of amides is 1. The normalized spacial score (nSPS) is 11.9. The molecular formula is C22H20ClN5O2. The van der Waals surface area contributed by atoms with Crippen LogP contribution < -0.4 is 5.32 Å². The zero-order valence-corrected chi connectivity index (χ0v) is 17.1. The molecule has 30 heavy (non-hydrogen) atoms. The van der Waals surface area contributed by atoms with Gasteiger partial charge in [-0.2, -0.15) is 4.98 Å². The van der Waals surface area contributed by atoms with Gasteiger partial charge in [-0.3, -0.25) is 4.79 Å². The number of carbonyl (C=O) groups excluding carboxylic acids is 1. The van der Waals surface area contributed by atoms with Crippen molar-refractivity contribution in [2.45, 2.75) is 18.9 Å². The number of aryl methyl sites for hydroxylation is 2. The first-order chi connectivity index (χ1) is 14.6. The van der Waals surface area contributed by atoms with Crippen LogP contribution in [0.15, 0.2) is 71.5 Å². The van der Waals surface area contributed by atoms with E-state index in [0.717, 1.165) is 17.0 Å². The molecule has 152 valence electrons. The van der Waals surface area contributed by atoms with Crippen LogP contribution in [0.5, 0.6) is 0 Å². The minimum absolute atomic E-state index is 0.141. The second-order valence-corrected chi connectivity index (χ2v) is 7.26. The predicted octanol–water partition coefficient (Wildman–Crippen LogP) is 3.96. The van der Waals surface area contributed by atoms with E-state index in [0.29, 0.717) is 23.2 Å². The molecule has 0 aliphatic rings. The SMILES string of the molecule is Cn1ccnc1C(NC(=O)CCc1nc(-c2ccccc2)no1)c1ccc(Cl)cc1. The zero-order chi connectivity index (χ0) is 20.9. The number of hydrogen-bond acceptors (Lipinski definition) is 5. The molecule has 0 spiro atoms. The molecule has 0 fully saturated rings. The summed E-state index contributed by atoms with van der Waals surface area (Å²) in [4.78, 5) is 21.5. The zero-order valence-electron chi connectivity index (χ0n) is 16.3. The first-order valence-electron chi connectivity index (χ1n) is 9.50. The summed E-state index contributed by atoms with van der Waals surface area (Å²) < 4.78 is 7.17. The Kier molecular flexibility index (Phi) is 5.90. The van der Waals surface area contributed by atoms with Crippen molar-refractivity contribution in [3.8, 4) is 11.4 Å². The second-order valence-electron chi connectivity index (χ2n) is 6.83. The first kappa shape index (κ1) is 19.8. The maximum absolute atomic E-state index is 12.7. The molecule has 0 saturated heterocycles. The smallest absolute Gasteiger partial charge is 0.227 e. The van der Waals surface area contributed by atoms with Crippen molar-refractivity contribution in [1.82, 2.24) is 25.0 Å². The minimum atomic E-state index is -0.391. The van der Waals surface area contributed by atoms with Gasteiger partial charge in [0.2, 0.25) is 17.6 Å². The number of aromatic nitrogens is 4. The Labute approximate surface area is 178 Å². The van der Waals surface area contributed by atoms with E-state index >= 15 is 0 Å². The summed E-state index contributed by atoms with van der Waals surface area (Å²) in [5, 5.41) is 7.67. The van der Waals surface area contributed by atoms with Crippen molar-refractivity contribution in [2.75, 3.05) is 0 Å². The van der Waals surface area contributed by atoms with Crippen molar-refractivity contribution in [2.24, 2.45) is 7.05 Å². The van der Waals surface area contributed by atoms with E-state index in [1.807, 2.05) is 60.3 Å². The molecule has 2 aromatic heterocycles. The van der Waals surface area contributed by atoms with Crippen LogP contribution in [0.25, 0.3) is 11.4 Å². The summed E-state index contributed by atoms with van der Waals surface area (Å²) in [7, 11) is 1.89. The van der Waals surface area contributed by atoms with E-state index < -0.39 is 6.04 Å². The number of imidazole rings is 1. The summed E-state index contributed by atoms with van der Waals surface area (Å²) in [6.07, 6.45) is 4.10. The van der Waals surface area contributed by atoms with Crippen molar-refractivity contribution in [3.05, 3.63) is 89.3 Å². The van der Waals surface area contributed by atoms with Crippen LogP contribution in [-0.2, 0) is 18.3 Å². The topological polar surface area (TPSA) is 85.8 Å². The van der Waals surface area contributed by atoms with Crippen LogP contribution in [-0.4, -0.2) is 25.6 Å². The average molecular weight is 422 g/mol. The number of benzene rings is 2. The summed E-state index contributed by atoms with van der Waals surface area (Å²) in [6, 6.07) is 16.5. The summed E-state index contributed by atoms with van der Waals surface area (Å²) in [5.74, 6) is 1.52. The third-order valence-corrected chi connectivity index (χ3v) is 4.94. The lowest BCUT2D eigenvalue weighted by atomic mass is 10.1. The van der Waals surface area contributed by atoms with Gasteiger partial charge in [0.15, 0.2) is 0 Å². The molecule has 1 amide bonds. The Morgan fingerprint density at radius 3 is 2.63 bits per heavy atom. The van der Waals surface area contributed by atoms with Gasteiger partial charge in [-0.25, -0.2) is 4.98 Å². The summed E-state index contributed by atoms with van der Waals surface area (Å²) in [5.41, 5.74) is 1.76. The molecule has 4 rings (SSSR count). The quantitative estimate of drug-likeness (QED) is 0.488. The lowest BCUT2D eigenvalue weighted by Crippen LogP contribution is -2.31. The van der Waals surface area contributed by atoms with Crippen LogP contribution in [0.1, 0.15) is 29.7 Å². The Morgan fingerprint density at radius 1 is 1.17 bits per heavy atom. The molecule has 0 aliphatic carbocycles.